The highest BCUT2D eigenvalue weighted by Crippen LogP contribution is 2.36. The molecule has 0 aromatic carbocycles. The van der Waals surface area contributed by atoms with Gasteiger partial charge in [0.15, 0.2) is 17.1 Å². The van der Waals surface area contributed by atoms with E-state index in [1.54, 1.807) is 35.5 Å². The van der Waals surface area contributed by atoms with Gasteiger partial charge in [0.2, 0.25) is 11.9 Å². The second kappa shape index (κ2) is 8.35. The van der Waals surface area contributed by atoms with E-state index in [4.69, 9.17) is 26.3 Å². The summed E-state index contributed by atoms with van der Waals surface area (Å²) in [6, 6.07) is 0. The van der Waals surface area contributed by atoms with E-state index in [1.165, 1.54) is 12.8 Å². The van der Waals surface area contributed by atoms with E-state index in [0.29, 0.717) is 39.6 Å². The number of halogens is 1. The Bertz CT molecular complexity index is 1550. The molecule has 5 aromatic rings. The van der Waals surface area contributed by atoms with E-state index in [2.05, 4.69) is 30.3 Å². The minimum atomic E-state index is 0.388. The van der Waals surface area contributed by atoms with Crippen LogP contribution >= 0.6 is 11.6 Å². The summed E-state index contributed by atoms with van der Waals surface area (Å²) in [5, 5.41) is 7.88. The first-order valence-corrected chi connectivity index (χ1v) is 11.7. The van der Waals surface area contributed by atoms with Crippen LogP contribution in [0.5, 0.6) is 11.5 Å². The molecule has 178 valence electrons. The monoisotopic (exact) mass is 490 g/mol. The maximum absolute atomic E-state index is 6.74. The molecule has 1 saturated heterocycles. The highest BCUT2D eigenvalue weighted by Gasteiger charge is 2.21. The Hall–Kier alpha value is -3.99. The predicted molar refractivity (Wildman–Crippen MR) is 133 cm³/mol. The van der Waals surface area contributed by atoms with Gasteiger partial charge in [-0.25, -0.2) is 19.5 Å². The van der Waals surface area contributed by atoms with Gasteiger partial charge in [-0.2, -0.15) is 10.1 Å². The molecule has 0 aliphatic carbocycles. The van der Waals surface area contributed by atoms with E-state index in [-0.39, 0.29) is 0 Å². The zero-order valence-corrected chi connectivity index (χ0v) is 20.3. The summed E-state index contributed by atoms with van der Waals surface area (Å²) in [6.07, 6.45) is 10.6. The van der Waals surface area contributed by atoms with Crippen molar-refractivity contribution in [3.8, 4) is 11.5 Å². The summed E-state index contributed by atoms with van der Waals surface area (Å²) in [7, 11) is 1.85. The maximum atomic E-state index is 6.74. The number of nitrogens with zero attached hydrogens (tertiary/aromatic N) is 9. The molecule has 12 heteroatoms. The molecule has 5 aromatic heterocycles. The molecular formula is C23H23ClN10O. The summed E-state index contributed by atoms with van der Waals surface area (Å²) in [5.74, 6) is 1.93. The van der Waals surface area contributed by atoms with Crippen LogP contribution in [0.3, 0.4) is 0 Å². The number of aromatic nitrogens is 8. The molecule has 6 rings (SSSR count). The Balaban J connectivity index is 1.32. The number of nitrogens with one attached hydrogen (secondary N) is 1. The Kier molecular flexibility index (Phi) is 5.14. The minimum Gasteiger partial charge on any atom is -0.450 e. The van der Waals surface area contributed by atoms with E-state index >= 15 is 0 Å². The standard InChI is InChI=1S/C23H23ClN10O/c1-13-19(33-7-4-5-8-33)14(2)29-22(28-13)31-23-30-21-20(32(23)3)18(24)17(11-26-21)35-16-12-27-34-9-6-25-10-15(16)34/h6,9-12H,4-5,7-8H2,1-3H3,(H,26,28,29,30,31). The number of pyridine rings is 1. The summed E-state index contributed by atoms with van der Waals surface area (Å²) in [6.45, 7) is 6.12. The number of imidazole rings is 1. The fraction of sp³-hybridized carbons (Fsp3) is 0.304. The van der Waals surface area contributed by atoms with Gasteiger partial charge in [0.1, 0.15) is 16.1 Å². The molecule has 11 nitrogen and oxygen atoms in total. The maximum Gasteiger partial charge on any atom is 0.230 e. The third kappa shape index (κ3) is 3.68. The molecule has 1 aliphatic heterocycles. The number of fused-ring (bicyclic) bond motifs is 2. The van der Waals surface area contributed by atoms with Crippen molar-refractivity contribution >= 4 is 45.9 Å². The zero-order chi connectivity index (χ0) is 24.1. The first-order valence-electron chi connectivity index (χ1n) is 11.3. The lowest BCUT2D eigenvalue weighted by Gasteiger charge is -2.21. The van der Waals surface area contributed by atoms with Crippen LogP contribution in [0.1, 0.15) is 24.2 Å². The first kappa shape index (κ1) is 21.5. The van der Waals surface area contributed by atoms with Crippen LogP contribution in [0.4, 0.5) is 17.6 Å². The average Bonchev–Trinajstić information content (AvgIpc) is 3.56. The van der Waals surface area contributed by atoms with Crippen LogP contribution < -0.4 is 15.0 Å². The number of anilines is 3. The molecule has 0 amide bonds. The Morgan fingerprint density at radius 3 is 2.54 bits per heavy atom. The third-order valence-corrected chi connectivity index (χ3v) is 6.56. The van der Waals surface area contributed by atoms with Gasteiger partial charge in [-0.05, 0) is 26.7 Å². The minimum absolute atomic E-state index is 0.388. The molecule has 6 heterocycles. The van der Waals surface area contributed by atoms with Crippen LogP contribution in [0.25, 0.3) is 16.7 Å². The van der Waals surface area contributed by atoms with Crippen LogP contribution in [0.2, 0.25) is 5.02 Å². The third-order valence-electron chi connectivity index (χ3n) is 6.19. The molecule has 0 atom stereocenters. The molecule has 35 heavy (non-hydrogen) atoms. The van der Waals surface area contributed by atoms with Crippen LogP contribution in [0, 0.1) is 13.8 Å². The average molecular weight is 491 g/mol. The highest BCUT2D eigenvalue weighted by atomic mass is 35.5. The topological polar surface area (TPSA) is 111 Å². The molecular weight excluding hydrogens is 468 g/mol. The molecule has 0 bridgehead atoms. The van der Waals surface area contributed by atoms with Gasteiger partial charge in [0, 0.05) is 32.5 Å². The quantitative estimate of drug-likeness (QED) is 0.387. The van der Waals surface area contributed by atoms with Gasteiger partial charge in [0.25, 0.3) is 0 Å². The molecule has 1 fully saturated rings. The molecule has 1 N–H and O–H groups in total. The second-order valence-corrected chi connectivity index (χ2v) is 8.88. The predicted octanol–water partition coefficient (Wildman–Crippen LogP) is 4.21. The van der Waals surface area contributed by atoms with Crippen LogP contribution in [0.15, 0.2) is 31.0 Å². The number of aryl methyl sites for hydroxylation is 3. The summed E-state index contributed by atoms with van der Waals surface area (Å²) < 4.78 is 9.53. The van der Waals surface area contributed by atoms with Crippen molar-refractivity contribution in [2.24, 2.45) is 7.05 Å². The van der Waals surface area contributed by atoms with Crippen molar-refractivity contribution in [3.05, 3.63) is 47.4 Å². The van der Waals surface area contributed by atoms with E-state index in [9.17, 15) is 0 Å². The normalized spacial score (nSPS) is 13.8. The van der Waals surface area contributed by atoms with Crippen molar-refractivity contribution in [2.45, 2.75) is 26.7 Å². The summed E-state index contributed by atoms with van der Waals surface area (Å²) in [5.41, 5.74) is 4.83. The van der Waals surface area contributed by atoms with Crippen molar-refractivity contribution in [2.75, 3.05) is 23.3 Å². The first-order chi connectivity index (χ1) is 17.0. The molecule has 0 radical (unpaired) electrons. The van der Waals surface area contributed by atoms with Gasteiger partial charge >= 0.3 is 0 Å². The van der Waals surface area contributed by atoms with E-state index in [0.717, 1.165) is 35.7 Å². The number of rotatable bonds is 5. The summed E-state index contributed by atoms with van der Waals surface area (Å²) in [4.78, 5) is 24.9. The largest absolute Gasteiger partial charge is 0.450 e. The van der Waals surface area contributed by atoms with Crippen LogP contribution in [-0.4, -0.2) is 52.2 Å². The lowest BCUT2D eigenvalue weighted by atomic mass is 10.2. The zero-order valence-electron chi connectivity index (χ0n) is 19.5. The highest BCUT2D eigenvalue weighted by molar-refractivity contribution is 6.36. The van der Waals surface area contributed by atoms with Gasteiger partial charge < -0.3 is 14.2 Å². The number of hydrogen-bond donors (Lipinski definition) is 1. The fourth-order valence-electron chi connectivity index (χ4n) is 4.57. The van der Waals surface area contributed by atoms with Crippen molar-refractivity contribution in [1.82, 2.24) is 39.1 Å². The number of ether oxygens (including phenoxy) is 1. The smallest absolute Gasteiger partial charge is 0.230 e. The Morgan fingerprint density at radius 1 is 1.00 bits per heavy atom. The molecule has 1 aliphatic rings. The molecule has 0 unspecified atom stereocenters. The van der Waals surface area contributed by atoms with Gasteiger partial charge in [0.05, 0.1) is 35.7 Å². The van der Waals surface area contributed by atoms with E-state index in [1.807, 2.05) is 25.5 Å². The van der Waals surface area contributed by atoms with Crippen molar-refractivity contribution < 1.29 is 4.74 Å². The molecule has 0 saturated carbocycles. The van der Waals surface area contributed by atoms with Gasteiger partial charge in [-0.1, -0.05) is 11.6 Å². The lowest BCUT2D eigenvalue weighted by Crippen LogP contribution is -2.21. The fourth-order valence-corrected chi connectivity index (χ4v) is 4.87. The van der Waals surface area contributed by atoms with Crippen molar-refractivity contribution in [3.63, 3.8) is 0 Å². The number of hydrogen-bond acceptors (Lipinski definition) is 9. The Labute approximate surface area is 205 Å². The lowest BCUT2D eigenvalue weighted by molar-refractivity contribution is 0.486. The van der Waals surface area contributed by atoms with Crippen molar-refractivity contribution in [1.29, 1.82) is 0 Å². The Morgan fingerprint density at radius 2 is 1.77 bits per heavy atom. The van der Waals surface area contributed by atoms with Gasteiger partial charge in [-0.3, -0.25) is 10.3 Å². The van der Waals surface area contributed by atoms with Gasteiger partial charge in [-0.15, -0.1) is 0 Å². The van der Waals surface area contributed by atoms with Crippen LogP contribution in [-0.2, 0) is 7.05 Å². The van der Waals surface area contributed by atoms with E-state index < -0.39 is 0 Å². The second-order valence-electron chi connectivity index (χ2n) is 8.51. The summed E-state index contributed by atoms with van der Waals surface area (Å²) >= 11 is 6.74. The molecule has 0 spiro atoms. The SMILES string of the molecule is Cc1nc(Nc2nc3ncc(Oc4cnn5ccncc45)c(Cl)c3n2C)nc(C)c1N1CCCC1.